The smallest absolute Gasteiger partial charge is 0.355 e. The number of nitrogens with one attached hydrogen (secondary N) is 1. The molecule has 0 fully saturated rings. The molecule has 0 saturated carbocycles. The van der Waals surface area contributed by atoms with Gasteiger partial charge >= 0.3 is 5.97 Å². The van der Waals surface area contributed by atoms with Crippen LogP contribution >= 0.6 is 0 Å². The van der Waals surface area contributed by atoms with Gasteiger partial charge in [0.15, 0.2) is 0 Å². The topological polar surface area (TPSA) is 71.6 Å². The van der Waals surface area contributed by atoms with Crippen molar-refractivity contribution in [3.63, 3.8) is 0 Å². The van der Waals surface area contributed by atoms with Crippen molar-refractivity contribution >= 4 is 11.9 Å². The molecule has 0 unspecified atom stereocenters. The van der Waals surface area contributed by atoms with Crippen LogP contribution in [0.2, 0.25) is 0 Å². The standard InChI is InChI=1S/C25H28N2O4/c1-5-31-25(29)23-17(2)22(18(3)26-23)16-27(24(28)20-9-7-6-8-10-20)15-19-11-13-21(30-4)14-12-19/h6-14,26H,5,15-16H2,1-4H3. The van der Waals surface area contributed by atoms with Gasteiger partial charge in [0.25, 0.3) is 5.91 Å². The van der Waals surface area contributed by atoms with Gasteiger partial charge in [-0.25, -0.2) is 4.79 Å². The molecule has 6 nitrogen and oxygen atoms in total. The molecule has 31 heavy (non-hydrogen) atoms. The first kappa shape index (κ1) is 22.2. The minimum atomic E-state index is -0.384. The lowest BCUT2D eigenvalue weighted by molar-refractivity contribution is 0.0519. The Balaban J connectivity index is 1.93. The molecular weight excluding hydrogens is 392 g/mol. The number of aryl methyl sites for hydroxylation is 1. The third-order valence-corrected chi connectivity index (χ3v) is 5.26. The summed E-state index contributed by atoms with van der Waals surface area (Å²) >= 11 is 0. The molecular formula is C25H28N2O4. The van der Waals surface area contributed by atoms with Crippen LogP contribution in [0.4, 0.5) is 0 Å². The van der Waals surface area contributed by atoms with Gasteiger partial charge in [-0.3, -0.25) is 4.79 Å². The summed E-state index contributed by atoms with van der Waals surface area (Å²) in [7, 11) is 1.62. The number of nitrogens with zero attached hydrogens (tertiary/aromatic N) is 1. The third kappa shape index (κ3) is 5.15. The second-order valence-electron chi connectivity index (χ2n) is 7.32. The lowest BCUT2D eigenvalue weighted by Gasteiger charge is -2.24. The van der Waals surface area contributed by atoms with Gasteiger partial charge in [-0.05, 0) is 61.7 Å². The van der Waals surface area contributed by atoms with Crippen LogP contribution in [-0.2, 0) is 17.8 Å². The number of H-pyrrole nitrogens is 1. The number of rotatable bonds is 8. The third-order valence-electron chi connectivity index (χ3n) is 5.26. The number of hydrogen-bond acceptors (Lipinski definition) is 4. The Morgan fingerprint density at radius 3 is 2.26 bits per heavy atom. The molecule has 2 aromatic carbocycles. The molecule has 0 aliphatic rings. The minimum Gasteiger partial charge on any atom is -0.497 e. The van der Waals surface area contributed by atoms with Crippen molar-refractivity contribution in [3.05, 3.63) is 88.2 Å². The summed E-state index contributed by atoms with van der Waals surface area (Å²) in [5.41, 5.74) is 4.61. The highest BCUT2D eigenvalue weighted by atomic mass is 16.5. The normalized spacial score (nSPS) is 10.6. The van der Waals surface area contributed by atoms with Crippen molar-refractivity contribution in [2.24, 2.45) is 0 Å². The molecule has 0 spiro atoms. The Morgan fingerprint density at radius 2 is 1.65 bits per heavy atom. The van der Waals surface area contributed by atoms with Crippen molar-refractivity contribution in [2.75, 3.05) is 13.7 Å². The SMILES string of the molecule is CCOC(=O)c1[nH]c(C)c(CN(Cc2ccc(OC)cc2)C(=O)c2ccccc2)c1C. The van der Waals surface area contributed by atoms with Gasteiger partial charge in [0.2, 0.25) is 0 Å². The van der Waals surface area contributed by atoms with E-state index < -0.39 is 0 Å². The van der Waals surface area contributed by atoms with Crippen LogP contribution in [-0.4, -0.2) is 35.5 Å². The fourth-order valence-electron chi connectivity index (χ4n) is 3.54. The van der Waals surface area contributed by atoms with Gasteiger partial charge in [0.1, 0.15) is 11.4 Å². The van der Waals surface area contributed by atoms with Gasteiger partial charge < -0.3 is 19.4 Å². The molecule has 3 aromatic rings. The maximum atomic E-state index is 13.3. The van der Waals surface area contributed by atoms with E-state index in [1.807, 2.05) is 68.4 Å². The van der Waals surface area contributed by atoms with Gasteiger partial charge in [-0.15, -0.1) is 0 Å². The molecule has 0 atom stereocenters. The van der Waals surface area contributed by atoms with E-state index in [4.69, 9.17) is 9.47 Å². The lowest BCUT2D eigenvalue weighted by Crippen LogP contribution is -2.30. The number of amides is 1. The molecule has 0 bridgehead atoms. The number of carbonyl (C=O) groups is 2. The summed E-state index contributed by atoms with van der Waals surface area (Å²) in [6, 6.07) is 16.9. The van der Waals surface area contributed by atoms with E-state index in [1.54, 1.807) is 18.9 Å². The number of aromatic nitrogens is 1. The zero-order chi connectivity index (χ0) is 22.4. The summed E-state index contributed by atoms with van der Waals surface area (Å²) in [6.45, 7) is 6.66. The van der Waals surface area contributed by atoms with Crippen LogP contribution in [0.3, 0.4) is 0 Å². The zero-order valence-electron chi connectivity index (χ0n) is 18.4. The Kier molecular flexibility index (Phi) is 7.13. The molecule has 6 heteroatoms. The van der Waals surface area contributed by atoms with E-state index in [0.29, 0.717) is 31.0 Å². The monoisotopic (exact) mass is 420 g/mol. The Labute approximate surface area is 182 Å². The van der Waals surface area contributed by atoms with E-state index in [2.05, 4.69) is 4.98 Å². The molecule has 162 valence electrons. The summed E-state index contributed by atoms with van der Waals surface area (Å²) in [6.07, 6.45) is 0. The molecule has 1 aromatic heterocycles. The van der Waals surface area contributed by atoms with Gasteiger partial charge in [0.05, 0.1) is 13.7 Å². The van der Waals surface area contributed by atoms with Crippen molar-refractivity contribution in [1.29, 1.82) is 0 Å². The van der Waals surface area contributed by atoms with Crippen LogP contribution in [0, 0.1) is 13.8 Å². The van der Waals surface area contributed by atoms with E-state index >= 15 is 0 Å². The number of aromatic amines is 1. The van der Waals surface area contributed by atoms with Crippen LogP contribution in [0.5, 0.6) is 5.75 Å². The molecule has 1 N–H and O–H groups in total. The van der Waals surface area contributed by atoms with Gasteiger partial charge in [0, 0.05) is 24.3 Å². The number of benzene rings is 2. The molecule has 0 aliphatic carbocycles. The predicted octanol–water partition coefficient (Wildman–Crippen LogP) is 4.66. The Hall–Kier alpha value is -3.54. The fraction of sp³-hybridized carbons (Fsp3) is 0.280. The Bertz CT molecular complexity index is 1040. The average Bonchev–Trinajstić information content (AvgIpc) is 3.07. The molecule has 3 rings (SSSR count). The summed E-state index contributed by atoms with van der Waals surface area (Å²) in [4.78, 5) is 30.5. The van der Waals surface area contributed by atoms with Crippen molar-refractivity contribution in [3.8, 4) is 5.75 Å². The average molecular weight is 421 g/mol. The predicted molar refractivity (Wildman–Crippen MR) is 119 cm³/mol. The summed E-state index contributed by atoms with van der Waals surface area (Å²) in [5, 5.41) is 0. The van der Waals surface area contributed by atoms with Crippen molar-refractivity contribution < 1.29 is 19.1 Å². The second kappa shape index (κ2) is 9.98. The van der Waals surface area contributed by atoms with E-state index in [9.17, 15) is 9.59 Å². The number of methoxy groups -OCH3 is 1. The van der Waals surface area contributed by atoms with Crippen LogP contribution < -0.4 is 4.74 Å². The molecule has 1 heterocycles. The molecule has 0 aliphatic heterocycles. The molecule has 1 amide bonds. The first-order valence-electron chi connectivity index (χ1n) is 10.3. The number of carbonyl (C=O) groups excluding carboxylic acids is 2. The fourth-order valence-corrected chi connectivity index (χ4v) is 3.54. The van der Waals surface area contributed by atoms with E-state index in [0.717, 1.165) is 28.1 Å². The van der Waals surface area contributed by atoms with Crippen LogP contribution in [0.15, 0.2) is 54.6 Å². The molecule has 0 saturated heterocycles. The highest BCUT2D eigenvalue weighted by Gasteiger charge is 2.23. The second-order valence-corrected chi connectivity index (χ2v) is 7.32. The Morgan fingerprint density at radius 1 is 0.968 bits per heavy atom. The number of hydrogen-bond donors (Lipinski definition) is 1. The van der Waals surface area contributed by atoms with Crippen molar-refractivity contribution in [1.82, 2.24) is 9.88 Å². The van der Waals surface area contributed by atoms with E-state index in [-0.39, 0.29) is 11.9 Å². The lowest BCUT2D eigenvalue weighted by atomic mass is 10.1. The van der Waals surface area contributed by atoms with Crippen LogP contribution in [0.1, 0.15) is 50.2 Å². The minimum absolute atomic E-state index is 0.0749. The first-order valence-corrected chi connectivity index (χ1v) is 10.3. The highest BCUT2D eigenvalue weighted by Crippen LogP contribution is 2.23. The number of ether oxygens (including phenoxy) is 2. The maximum Gasteiger partial charge on any atom is 0.355 e. The number of esters is 1. The van der Waals surface area contributed by atoms with Gasteiger partial charge in [-0.1, -0.05) is 30.3 Å². The molecule has 0 radical (unpaired) electrons. The van der Waals surface area contributed by atoms with Gasteiger partial charge in [-0.2, -0.15) is 0 Å². The van der Waals surface area contributed by atoms with Crippen molar-refractivity contribution in [2.45, 2.75) is 33.9 Å². The quantitative estimate of drug-likeness (QED) is 0.538. The maximum absolute atomic E-state index is 13.3. The summed E-state index contributed by atoms with van der Waals surface area (Å²) in [5.74, 6) is 0.306. The highest BCUT2D eigenvalue weighted by molar-refractivity contribution is 5.94. The van der Waals surface area contributed by atoms with E-state index in [1.165, 1.54) is 0 Å². The zero-order valence-corrected chi connectivity index (χ0v) is 18.4. The summed E-state index contributed by atoms with van der Waals surface area (Å²) < 4.78 is 10.4. The van der Waals surface area contributed by atoms with Crippen LogP contribution in [0.25, 0.3) is 0 Å². The first-order chi connectivity index (χ1) is 14.9. The largest absolute Gasteiger partial charge is 0.497 e.